The fraction of sp³-hybridized carbons (Fsp3) is 0.333. The van der Waals surface area contributed by atoms with E-state index in [4.69, 9.17) is 9.47 Å². The lowest BCUT2D eigenvalue weighted by atomic mass is 9.73. The Kier molecular flexibility index (Phi) is 8.74. The number of carbonyl (C=O) groups excluding carboxylic acids is 2. The molecule has 2 aromatic rings. The Morgan fingerprint density at radius 2 is 1.21 bits per heavy atom. The quantitative estimate of drug-likeness (QED) is 0.321. The van der Waals surface area contributed by atoms with Gasteiger partial charge in [-0.25, -0.2) is 9.59 Å². The van der Waals surface area contributed by atoms with Gasteiger partial charge in [-0.1, -0.05) is 39.1 Å². The van der Waals surface area contributed by atoms with Crippen molar-refractivity contribution in [3.8, 4) is 11.5 Å². The lowest BCUT2D eigenvalue weighted by Crippen LogP contribution is -2.25. The lowest BCUT2D eigenvalue weighted by molar-refractivity contribution is -0.129. The van der Waals surface area contributed by atoms with E-state index in [1.165, 1.54) is 0 Å². The van der Waals surface area contributed by atoms with Gasteiger partial charge in [-0.15, -0.1) is 0 Å². The molecule has 0 aliphatic rings. The van der Waals surface area contributed by atoms with Crippen LogP contribution >= 0.6 is 0 Å². The summed E-state index contributed by atoms with van der Waals surface area (Å²) >= 11 is 0. The summed E-state index contributed by atoms with van der Waals surface area (Å²) < 4.78 is 10.5. The summed E-state index contributed by atoms with van der Waals surface area (Å²) in [7, 11) is 0. The molecule has 0 aliphatic heterocycles. The minimum Gasteiger partial charge on any atom is -0.423 e. The third-order valence-corrected chi connectivity index (χ3v) is 5.30. The van der Waals surface area contributed by atoms with Crippen molar-refractivity contribution >= 4 is 11.9 Å². The van der Waals surface area contributed by atoms with Crippen molar-refractivity contribution in [2.75, 3.05) is 0 Å². The van der Waals surface area contributed by atoms with E-state index in [2.05, 4.69) is 13.2 Å². The van der Waals surface area contributed by atoms with E-state index in [0.29, 0.717) is 24.3 Å². The van der Waals surface area contributed by atoms with E-state index < -0.39 is 29.6 Å². The number of aliphatic hydroxyl groups excluding tert-OH is 2. The molecule has 0 fully saturated rings. The second-order valence-corrected chi connectivity index (χ2v) is 8.62. The van der Waals surface area contributed by atoms with Crippen LogP contribution in [-0.4, -0.2) is 34.4 Å². The average Bonchev–Trinajstić information content (AvgIpc) is 2.72. The maximum atomic E-state index is 11.6. The highest BCUT2D eigenvalue weighted by Gasteiger charge is 2.29. The first-order valence-electron chi connectivity index (χ1n) is 10.8. The molecule has 6 nitrogen and oxygen atoms in total. The van der Waals surface area contributed by atoms with E-state index in [-0.39, 0.29) is 0 Å². The van der Waals surface area contributed by atoms with Crippen molar-refractivity contribution in [2.45, 2.75) is 58.2 Å². The van der Waals surface area contributed by atoms with Crippen LogP contribution in [-0.2, 0) is 27.8 Å². The van der Waals surface area contributed by atoms with E-state index in [0.717, 1.165) is 34.4 Å². The molecule has 0 aliphatic carbocycles. The van der Waals surface area contributed by atoms with Crippen LogP contribution in [0.1, 0.15) is 49.9 Å². The van der Waals surface area contributed by atoms with Crippen LogP contribution in [0.4, 0.5) is 0 Å². The number of esters is 2. The van der Waals surface area contributed by atoms with E-state index in [9.17, 15) is 19.8 Å². The number of aliphatic hydroxyl groups is 2. The largest absolute Gasteiger partial charge is 0.423 e. The predicted molar refractivity (Wildman–Crippen MR) is 127 cm³/mol. The van der Waals surface area contributed by atoms with E-state index >= 15 is 0 Å². The Bertz CT molecular complexity index is 951. The smallest absolute Gasteiger partial charge is 0.335 e. The molecule has 176 valence electrons. The van der Waals surface area contributed by atoms with Gasteiger partial charge in [0.2, 0.25) is 0 Å². The fourth-order valence-electron chi connectivity index (χ4n) is 3.92. The minimum atomic E-state index is -0.609. The molecule has 0 saturated heterocycles. The monoisotopic (exact) mass is 452 g/mol. The van der Waals surface area contributed by atoms with Gasteiger partial charge < -0.3 is 19.7 Å². The van der Waals surface area contributed by atoms with Crippen LogP contribution in [0.15, 0.2) is 61.7 Å². The van der Waals surface area contributed by atoms with Gasteiger partial charge in [0.1, 0.15) is 11.5 Å². The number of hydrogen-bond donors (Lipinski definition) is 2. The van der Waals surface area contributed by atoms with Gasteiger partial charge in [0.25, 0.3) is 0 Å². The van der Waals surface area contributed by atoms with Crippen molar-refractivity contribution in [2.24, 2.45) is 0 Å². The molecule has 0 bridgehead atoms. The molecule has 2 unspecified atom stereocenters. The first-order chi connectivity index (χ1) is 15.5. The maximum Gasteiger partial charge on any atom is 0.335 e. The predicted octanol–water partition coefficient (Wildman–Crippen LogP) is 4.04. The number of benzene rings is 2. The zero-order valence-electron chi connectivity index (χ0n) is 19.6. The average molecular weight is 453 g/mol. The van der Waals surface area contributed by atoms with Crippen LogP contribution in [0.25, 0.3) is 0 Å². The van der Waals surface area contributed by atoms with Crippen LogP contribution in [0.5, 0.6) is 11.5 Å². The Labute approximate surface area is 195 Å². The topological polar surface area (TPSA) is 93.1 Å². The van der Waals surface area contributed by atoms with E-state index in [1.807, 2.05) is 26.0 Å². The van der Waals surface area contributed by atoms with Crippen LogP contribution in [0.3, 0.4) is 0 Å². The van der Waals surface area contributed by atoms with Crippen molar-refractivity contribution in [1.82, 2.24) is 0 Å². The molecule has 2 atom stereocenters. The number of ether oxygens (including phenoxy) is 2. The van der Waals surface area contributed by atoms with Crippen molar-refractivity contribution < 1.29 is 29.3 Å². The highest BCUT2D eigenvalue weighted by molar-refractivity contribution is 5.83. The maximum absolute atomic E-state index is 11.6. The van der Waals surface area contributed by atoms with Gasteiger partial charge in [-0.2, -0.15) is 0 Å². The Morgan fingerprint density at radius 3 is 1.52 bits per heavy atom. The second kappa shape index (κ2) is 11.1. The van der Waals surface area contributed by atoms with Crippen LogP contribution in [0, 0.1) is 0 Å². The normalized spacial score (nSPS) is 13.0. The molecule has 0 aromatic heterocycles. The van der Waals surface area contributed by atoms with Gasteiger partial charge in [-0.05, 0) is 73.2 Å². The summed E-state index contributed by atoms with van der Waals surface area (Å²) in [4.78, 5) is 23.3. The summed E-state index contributed by atoms with van der Waals surface area (Å²) in [6, 6.07) is 10.7. The summed E-state index contributed by atoms with van der Waals surface area (Å²) in [6.07, 6.45) is 1.69. The molecule has 2 aromatic carbocycles. The SMILES string of the molecule is C=CC(=O)Oc1ccc(C(C)(C)c2ccc(OC(=O)C=C)cc2CC(C)O)c(CC(C)O)c1. The standard InChI is InChI=1S/C27H32O6/c1-7-25(30)32-21-9-11-23(19(15-21)13-17(3)28)27(5,6)24-12-10-22(33-26(31)8-2)16-20(24)14-18(4)29/h7-12,15-18,28-29H,1-2,13-14H2,3-6H3. The summed E-state index contributed by atoms with van der Waals surface area (Å²) in [6.45, 7) is 14.3. The van der Waals surface area contributed by atoms with Gasteiger partial charge in [0.15, 0.2) is 0 Å². The first kappa shape index (κ1) is 26.0. The zero-order valence-corrected chi connectivity index (χ0v) is 19.6. The highest BCUT2D eigenvalue weighted by Crippen LogP contribution is 2.39. The van der Waals surface area contributed by atoms with Gasteiger partial charge in [-0.3, -0.25) is 0 Å². The van der Waals surface area contributed by atoms with Crippen LogP contribution < -0.4 is 9.47 Å². The van der Waals surface area contributed by atoms with Crippen molar-refractivity contribution in [3.05, 3.63) is 84.0 Å². The van der Waals surface area contributed by atoms with Crippen LogP contribution in [0.2, 0.25) is 0 Å². The highest BCUT2D eigenvalue weighted by atomic mass is 16.5. The van der Waals surface area contributed by atoms with Gasteiger partial charge >= 0.3 is 11.9 Å². The summed E-state index contributed by atoms with van der Waals surface area (Å²) in [5, 5.41) is 20.2. The molecular formula is C27H32O6. The fourth-order valence-corrected chi connectivity index (χ4v) is 3.92. The third kappa shape index (κ3) is 6.88. The summed E-state index contributed by atoms with van der Waals surface area (Å²) in [5.41, 5.74) is 2.98. The molecule has 0 heterocycles. The molecule has 33 heavy (non-hydrogen) atoms. The Balaban J connectivity index is 2.60. The molecule has 0 saturated carbocycles. The second-order valence-electron chi connectivity index (χ2n) is 8.62. The van der Waals surface area contributed by atoms with E-state index in [1.54, 1.807) is 38.1 Å². The molecule has 2 N–H and O–H groups in total. The Morgan fingerprint density at radius 1 is 0.848 bits per heavy atom. The third-order valence-electron chi connectivity index (χ3n) is 5.30. The lowest BCUT2D eigenvalue weighted by Gasteiger charge is -2.32. The minimum absolute atomic E-state index is 0.360. The molecular weight excluding hydrogens is 420 g/mol. The number of hydrogen-bond acceptors (Lipinski definition) is 6. The molecule has 2 rings (SSSR count). The number of carbonyl (C=O) groups is 2. The summed E-state index contributed by atoms with van der Waals surface area (Å²) in [5.74, 6) is -0.389. The molecule has 0 amide bonds. The zero-order chi connectivity index (χ0) is 24.8. The first-order valence-corrected chi connectivity index (χ1v) is 10.8. The molecule has 0 radical (unpaired) electrons. The molecule has 0 spiro atoms. The Hall–Kier alpha value is -3.22. The number of rotatable bonds is 10. The van der Waals surface area contributed by atoms with Crippen molar-refractivity contribution in [3.63, 3.8) is 0 Å². The van der Waals surface area contributed by atoms with Gasteiger partial charge in [0.05, 0.1) is 12.2 Å². The molecule has 6 heteroatoms. The van der Waals surface area contributed by atoms with Gasteiger partial charge in [0, 0.05) is 17.6 Å². The van der Waals surface area contributed by atoms with Crippen molar-refractivity contribution in [1.29, 1.82) is 0 Å².